The number of aromatic nitrogens is 2. The fourth-order valence-corrected chi connectivity index (χ4v) is 2.69. The van der Waals surface area contributed by atoms with Gasteiger partial charge in [0.05, 0.1) is 23.0 Å². The Balaban J connectivity index is 1.72. The minimum atomic E-state index is -0.239. The van der Waals surface area contributed by atoms with Crippen molar-refractivity contribution < 1.29 is 14.3 Å². The minimum Gasteiger partial charge on any atom is -0.424 e. The molecule has 7 heteroatoms. The first-order valence-electron chi connectivity index (χ1n) is 8.18. The molecule has 2 N–H and O–H groups in total. The minimum absolute atomic E-state index is 0.0119. The van der Waals surface area contributed by atoms with Crippen LogP contribution in [0.4, 0.5) is 5.69 Å². The van der Waals surface area contributed by atoms with E-state index in [-0.39, 0.29) is 23.7 Å². The highest BCUT2D eigenvalue weighted by Gasteiger charge is 2.25. The number of nitrogens with zero attached hydrogens (tertiary/aromatic N) is 2. The molecular weight excluding hydrogens is 320 g/mol. The summed E-state index contributed by atoms with van der Waals surface area (Å²) in [6.45, 7) is 3.95. The Bertz CT molecular complexity index is 759. The van der Waals surface area contributed by atoms with E-state index in [1.54, 1.807) is 13.8 Å². The van der Waals surface area contributed by atoms with Crippen LogP contribution in [-0.4, -0.2) is 28.3 Å². The quantitative estimate of drug-likeness (QED) is 0.891. The van der Waals surface area contributed by atoms with Gasteiger partial charge in [-0.15, -0.1) is 0 Å². The van der Waals surface area contributed by atoms with Crippen LogP contribution in [-0.2, 0) is 9.59 Å². The normalized spacial score (nSPS) is 16.9. The standard InChI is InChI=1S/C18H20N4O3/c1-11-16(22-17(24)13-8-9-15(23)19-10-13)12(2)21-18(20-11)25-14-6-4-3-5-7-14/h3-7,13H,8-10H2,1-2H3,(H,19,23)(H,22,24). The summed E-state index contributed by atoms with van der Waals surface area (Å²) in [6.07, 6.45) is 0.919. The highest BCUT2D eigenvalue weighted by molar-refractivity contribution is 5.94. The van der Waals surface area contributed by atoms with E-state index in [9.17, 15) is 9.59 Å². The van der Waals surface area contributed by atoms with E-state index in [1.165, 1.54) is 0 Å². The summed E-state index contributed by atoms with van der Waals surface area (Å²) < 4.78 is 5.65. The number of piperidine rings is 1. The summed E-state index contributed by atoms with van der Waals surface area (Å²) in [5.74, 6) is 0.265. The lowest BCUT2D eigenvalue weighted by Gasteiger charge is -2.22. The van der Waals surface area contributed by atoms with Crippen molar-refractivity contribution in [3.05, 3.63) is 41.7 Å². The van der Waals surface area contributed by atoms with Crippen LogP contribution in [0.5, 0.6) is 11.8 Å². The third-order valence-electron chi connectivity index (χ3n) is 4.09. The summed E-state index contributed by atoms with van der Waals surface area (Å²) in [5.41, 5.74) is 1.85. The molecule has 1 fully saturated rings. The molecule has 2 heterocycles. The maximum atomic E-state index is 12.4. The Morgan fingerprint density at radius 2 is 1.88 bits per heavy atom. The van der Waals surface area contributed by atoms with E-state index in [1.807, 2.05) is 30.3 Å². The van der Waals surface area contributed by atoms with Crippen molar-refractivity contribution in [2.75, 3.05) is 11.9 Å². The van der Waals surface area contributed by atoms with E-state index in [0.717, 1.165) is 0 Å². The summed E-state index contributed by atoms with van der Waals surface area (Å²) in [7, 11) is 0. The smallest absolute Gasteiger partial charge is 0.322 e. The van der Waals surface area contributed by atoms with Crippen molar-refractivity contribution >= 4 is 17.5 Å². The Kier molecular flexibility index (Phi) is 4.92. The first-order valence-corrected chi connectivity index (χ1v) is 8.18. The Morgan fingerprint density at radius 1 is 1.20 bits per heavy atom. The van der Waals surface area contributed by atoms with Crippen molar-refractivity contribution in [2.45, 2.75) is 26.7 Å². The van der Waals surface area contributed by atoms with Gasteiger partial charge < -0.3 is 15.4 Å². The number of hydrogen-bond donors (Lipinski definition) is 2. The molecule has 25 heavy (non-hydrogen) atoms. The lowest BCUT2D eigenvalue weighted by molar-refractivity contribution is -0.126. The zero-order valence-corrected chi connectivity index (χ0v) is 14.2. The molecule has 0 spiro atoms. The topological polar surface area (TPSA) is 93.2 Å². The van der Waals surface area contributed by atoms with Gasteiger partial charge in [0.25, 0.3) is 0 Å². The first kappa shape index (κ1) is 16.9. The Hall–Kier alpha value is -2.96. The van der Waals surface area contributed by atoms with Crippen molar-refractivity contribution in [3.63, 3.8) is 0 Å². The average molecular weight is 340 g/mol. The molecule has 0 radical (unpaired) electrons. The fourth-order valence-electron chi connectivity index (χ4n) is 2.69. The van der Waals surface area contributed by atoms with Crippen LogP contribution >= 0.6 is 0 Å². The highest BCUT2D eigenvalue weighted by Crippen LogP contribution is 2.24. The molecule has 2 aromatic rings. The molecule has 1 aromatic carbocycles. The number of amides is 2. The zero-order chi connectivity index (χ0) is 17.8. The lowest BCUT2D eigenvalue weighted by atomic mass is 9.98. The number of para-hydroxylation sites is 1. The third kappa shape index (κ3) is 4.12. The second-order valence-electron chi connectivity index (χ2n) is 6.00. The van der Waals surface area contributed by atoms with Gasteiger partial charge in [-0.05, 0) is 32.4 Å². The van der Waals surface area contributed by atoms with E-state index in [4.69, 9.17) is 4.74 Å². The van der Waals surface area contributed by atoms with Crippen molar-refractivity contribution in [2.24, 2.45) is 5.92 Å². The van der Waals surface area contributed by atoms with Crippen molar-refractivity contribution in [3.8, 4) is 11.8 Å². The molecule has 3 rings (SSSR count). The first-order chi connectivity index (χ1) is 12.0. The van der Waals surface area contributed by atoms with Crippen molar-refractivity contribution in [1.82, 2.24) is 15.3 Å². The Labute approximate surface area is 145 Å². The number of aryl methyl sites for hydroxylation is 2. The summed E-state index contributed by atoms with van der Waals surface area (Å²) in [6, 6.07) is 9.52. The largest absolute Gasteiger partial charge is 0.424 e. The second kappa shape index (κ2) is 7.29. The third-order valence-corrected chi connectivity index (χ3v) is 4.09. The predicted octanol–water partition coefficient (Wildman–Crippen LogP) is 2.35. The molecule has 1 unspecified atom stereocenters. The molecule has 1 aromatic heterocycles. The van der Waals surface area contributed by atoms with E-state index in [0.29, 0.717) is 42.2 Å². The number of carbonyl (C=O) groups excluding carboxylic acids is 2. The molecule has 1 aliphatic heterocycles. The molecule has 7 nitrogen and oxygen atoms in total. The van der Waals surface area contributed by atoms with Gasteiger partial charge in [-0.1, -0.05) is 18.2 Å². The molecule has 1 aliphatic rings. The molecule has 2 amide bonds. The summed E-state index contributed by atoms with van der Waals surface area (Å²) >= 11 is 0. The molecule has 1 saturated heterocycles. The van der Waals surface area contributed by atoms with Gasteiger partial charge in [0, 0.05) is 13.0 Å². The molecule has 1 atom stereocenters. The Morgan fingerprint density at radius 3 is 2.48 bits per heavy atom. The number of nitrogens with one attached hydrogen (secondary N) is 2. The molecule has 0 aliphatic carbocycles. The lowest BCUT2D eigenvalue weighted by Crippen LogP contribution is -2.40. The van der Waals surface area contributed by atoms with Crippen molar-refractivity contribution in [1.29, 1.82) is 0 Å². The molecule has 0 bridgehead atoms. The van der Waals surface area contributed by atoms with Crippen LogP contribution in [0, 0.1) is 19.8 Å². The van der Waals surface area contributed by atoms with E-state index in [2.05, 4.69) is 20.6 Å². The van der Waals surface area contributed by atoms with Crippen LogP contribution in [0.3, 0.4) is 0 Å². The van der Waals surface area contributed by atoms with Gasteiger partial charge in [0.15, 0.2) is 0 Å². The van der Waals surface area contributed by atoms with Crippen LogP contribution in [0.2, 0.25) is 0 Å². The SMILES string of the molecule is Cc1nc(Oc2ccccc2)nc(C)c1NC(=O)C1CCC(=O)NC1. The predicted molar refractivity (Wildman–Crippen MR) is 92.4 cm³/mol. The monoisotopic (exact) mass is 340 g/mol. The number of ether oxygens (including phenoxy) is 1. The van der Waals surface area contributed by atoms with Crippen LogP contribution in [0.15, 0.2) is 30.3 Å². The maximum Gasteiger partial charge on any atom is 0.322 e. The van der Waals surface area contributed by atoms with Gasteiger partial charge in [0.1, 0.15) is 5.75 Å². The number of hydrogen-bond acceptors (Lipinski definition) is 5. The van der Waals surface area contributed by atoms with Gasteiger partial charge in [-0.3, -0.25) is 9.59 Å². The molecule has 0 saturated carbocycles. The summed E-state index contributed by atoms with van der Waals surface area (Å²) in [5, 5.41) is 5.60. The fraction of sp³-hybridized carbons (Fsp3) is 0.333. The van der Waals surface area contributed by atoms with Gasteiger partial charge in [-0.2, -0.15) is 9.97 Å². The van der Waals surface area contributed by atoms with E-state index >= 15 is 0 Å². The molecule has 130 valence electrons. The number of benzene rings is 1. The summed E-state index contributed by atoms with van der Waals surface area (Å²) in [4.78, 5) is 32.3. The van der Waals surface area contributed by atoms with Gasteiger partial charge in [-0.25, -0.2) is 0 Å². The van der Waals surface area contributed by atoms with Crippen LogP contribution in [0.25, 0.3) is 0 Å². The van der Waals surface area contributed by atoms with Crippen LogP contribution < -0.4 is 15.4 Å². The maximum absolute atomic E-state index is 12.4. The average Bonchev–Trinajstić information content (AvgIpc) is 2.59. The number of anilines is 1. The number of rotatable bonds is 4. The zero-order valence-electron chi connectivity index (χ0n) is 14.2. The second-order valence-corrected chi connectivity index (χ2v) is 6.00. The highest BCUT2D eigenvalue weighted by atomic mass is 16.5. The van der Waals surface area contributed by atoms with E-state index < -0.39 is 0 Å². The van der Waals surface area contributed by atoms with Gasteiger partial charge in [0.2, 0.25) is 11.8 Å². The van der Waals surface area contributed by atoms with Crippen LogP contribution in [0.1, 0.15) is 24.2 Å². The van der Waals surface area contributed by atoms with Gasteiger partial charge >= 0.3 is 6.01 Å². The number of carbonyl (C=O) groups is 2. The molecular formula is C18H20N4O3.